The molecular weight excluding hydrogens is 725 g/mol. The van der Waals surface area contributed by atoms with E-state index in [2.05, 4.69) is 38.5 Å². The first-order valence-electron chi connectivity index (χ1n) is 19.6. The molecule has 14 nitrogen and oxygen atoms in total. The molecule has 14 heteroatoms. The Kier molecular flexibility index (Phi) is 11.4. The van der Waals surface area contributed by atoms with E-state index < -0.39 is 24.3 Å². The quantitative estimate of drug-likeness (QED) is 0.112. The molecule has 4 aromatic rings. The first-order valence-corrected chi connectivity index (χ1v) is 19.6. The summed E-state index contributed by atoms with van der Waals surface area (Å²) in [5.74, 6) is 7.82. The highest BCUT2D eigenvalue weighted by atomic mass is 16.5. The summed E-state index contributed by atoms with van der Waals surface area (Å²) in [7, 11) is 2.58. The summed E-state index contributed by atoms with van der Waals surface area (Å²) in [5.41, 5.74) is 6.26. The third-order valence-electron chi connectivity index (χ3n) is 11.0. The first kappa shape index (κ1) is 39.1. The van der Waals surface area contributed by atoms with Crippen LogP contribution in [-0.4, -0.2) is 93.1 Å². The fraction of sp³-hybridized carbons (Fsp3) is 0.442. The minimum atomic E-state index is -0.726. The van der Waals surface area contributed by atoms with Gasteiger partial charge >= 0.3 is 12.2 Å². The number of rotatable bonds is 10. The van der Waals surface area contributed by atoms with Gasteiger partial charge in [0.15, 0.2) is 0 Å². The number of benzene rings is 2. The fourth-order valence-corrected chi connectivity index (χ4v) is 7.65. The predicted octanol–water partition coefficient (Wildman–Crippen LogP) is 6.00. The molecule has 2 fully saturated rings. The largest absolute Gasteiger partial charge is 0.453 e. The van der Waals surface area contributed by atoms with Crippen molar-refractivity contribution >= 4 is 35.0 Å². The van der Waals surface area contributed by atoms with E-state index >= 15 is 0 Å². The van der Waals surface area contributed by atoms with Gasteiger partial charge in [-0.05, 0) is 84.9 Å². The Hall–Kier alpha value is -6.10. The second-order valence-electron chi connectivity index (χ2n) is 15.7. The van der Waals surface area contributed by atoms with Crippen molar-refractivity contribution in [2.45, 2.75) is 77.5 Å². The number of nitrogens with zero attached hydrogens (tertiary/aromatic N) is 4. The molecule has 0 radical (unpaired) electrons. The highest BCUT2D eigenvalue weighted by Crippen LogP contribution is 2.43. The van der Waals surface area contributed by atoms with Crippen LogP contribution in [0.4, 0.5) is 9.59 Å². The number of ether oxygens (including phenoxy) is 2. The maximum Gasteiger partial charge on any atom is 0.407 e. The Labute approximate surface area is 332 Å². The molecule has 298 valence electrons. The summed E-state index contributed by atoms with van der Waals surface area (Å²) in [6.45, 7) is 8.69. The molecule has 2 aliphatic heterocycles. The van der Waals surface area contributed by atoms with Crippen LogP contribution in [0, 0.1) is 29.6 Å². The highest BCUT2D eigenvalue weighted by Gasteiger charge is 2.41. The van der Waals surface area contributed by atoms with Crippen LogP contribution < -0.4 is 10.6 Å². The van der Waals surface area contributed by atoms with Gasteiger partial charge in [0, 0.05) is 24.2 Å². The summed E-state index contributed by atoms with van der Waals surface area (Å²) in [6.07, 6.45) is 6.50. The van der Waals surface area contributed by atoms with Crippen molar-refractivity contribution in [1.82, 2.24) is 40.4 Å². The lowest BCUT2D eigenvalue weighted by Gasteiger charge is -2.30. The van der Waals surface area contributed by atoms with Crippen LogP contribution in [0.15, 0.2) is 60.3 Å². The number of carbonyl (C=O) groups excluding carboxylic acids is 4. The van der Waals surface area contributed by atoms with Gasteiger partial charge < -0.3 is 39.9 Å². The number of nitrogens with one attached hydrogen (secondary N) is 4. The third kappa shape index (κ3) is 8.52. The zero-order chi connectivity index (χ0) is 40.4. The summed E-state index contributed by atoms with van der Waals surface area (Å²) in [4.78, 5) is 71.5. The maximum absolute atomic E-state index is 13.9. The van der Waals surface area contributed by atoms with E-state index in [4.69, 9.17) is 19.4 Å². The molecule has 4 atom stereocenters. The van der Waals surface area contributed by atoms with E-state index in [1.54, 1.807) is 16.0 Å². The number of imidazole rings is 2. The normalized spacial score (nSPS) is 18.9. The highest BCUT2D eigenvalue weighted by molar-refractivity contribution is 5.88. The Balaban J connectivity index is 1.04. The monoisotopic (exact) mass is 774 g/mol. The van der Waals surface area contributed by atoms with E-state index in [1.807, 2.05) is 70.2 Å². The Bertz CT molecular complexity index is 2240. The van der Waals surface area contributed by atoms with Crippen LogP contribution in [0.3, 0.4) is 0 Å². The maximum atomic E-state index is 13.9. The lowest BCUT2D eigenvalue weighted by molar-refractivity contribution is -0.136. The van der Waals surface area contributed by atoms with Crippen molar-refractivity contribution in [3.8, 4) is 23.1 Å². The van der Waals surface area contributed by atoms with Gasteiger partial charge in [-0.1, -0.05) is 57.7 Å². The van der Waals surface area contributed by atoms with Crippen LogP contribution in [0.5, 0.6) is 0 Å². The molecule has 4 amide bonds. The number of alkyl carbamates (subject to hydrolysis) is 2. The molecule has 7 rings (SSSR count). The van der Waals surface area contributed by atoms with Gasteiger partial charge in [-0.15, -0.1) is 0 Å². The number of carbonyl (C=O) groups is 4. The van der Waals surface area contributed by atoms with E-state index in [9.17, 15) is 19.2 Å². The number of hydrogen-bond acceptors (Lipinski definition) is 8. The fourth-order valence-electron chi connectivity index (χ4n) is 7.65. The number of fused-ring (bicyclic) bond motifs is 1. The van der Waals surface area contributed by atoms with Crippen molar-refractivity contribution < 1.29 is 28.7 Å². The molecule has 0 bridgehead atoms. The van der Waals surface area contributed by atoms with Crippen molar-refractivity contribution in [2.24, 2.45) is 17.8 Å². The third-order valence-corrected chi connectivity index (χ3v) is 11.0. The van der Waals surface area contributed by atoms with Gasteiger partial charge in [0.2, 0.25) is 11.8 Å². The van der Waals surface area contributed by atoms with Crippen molar-refractivity contribution in [1.29, 1.82) is 0 Å². The number of aromatic nitrogens is 4. The minimum Gasteiger partial charge on any atom is -0.453 e. The molecule has 0 spiro atoms. The lowest BCUT2D eigenvalue weighted by atomic mass is 10.0. The second-order valence-corrected chi connectivity index (χ2v) is 15.7. The van der Waals surface area contributed by atoms with Gasteiger partial charge in [0.05, 0.1) is 43.2 Å². The predicted molar refractivity (Wildman–Crippen MR) is 213 cm³/mol. The molecular formula is C43H50N8O6. The molecule has 4 N–H and O–H groups in total. The van der Waals surface area contributed by atoms with Crippen molar-refractivity contribution in [3.05, 3.63) is 83.1 Å². The van der Waals surface area contributed by atoms with Gasteiger partial charge in [-0.3, -0.25) is 9.59 Å². The Morgan fingerprint density at radius 2 is 1.44 bits per heavy atom. The van der Waals surface area contributed by atoms with E-state index in [-0.39, 0.29) is 35.7 Å². The smallest absolute Gasteiger partial charge is 0.407 e. The lowest BCUT2D eigenvalue weighted by Crippen LogP contribution is -2.51. The van der Waals surface area contributed by atoms with E-state index in [0.29, 0.717) is 30.7 Å². The van der Waals surface area contributed by atoms with Crippen LogP contribution >= 0.6 is 0 Å². The number of aromatic amines is 2. The molecule has 1 saturated carbocycles. The zero-order valence-corrected chi connectivity index (χ0v) is 33.2. The second kappa shape index (κ2) is 16.6. The molecule has 1 saturated heterocycles. The number of likely N-dealkylation sites (tertiary alicyclic amines) is 1. The number of amides is 4. The van der Waals surface area contributed by atoms with Crippen molar-refractivity contribution in [2.75, 3.05) is 27.3 Å². The van der Waals surface area contributed by atoms with E-state index in [0.717, 1.165) is 59.1 Å². The first-order chi connectivity index (χ1) is 27.4. The zero-order valence-electron chi connectivity index (χ0n) is 33.2. The average molecular weight is 775 g/mol. The number of hydrogen-bond donors (Lipinski definition) is 4. The molecule has 57 heavy (non-hydrogen) atoms. The minimum absolute atomic E-state index is 0.114. The molecule has 3 aliphatic rings. The van der Waals surface area contributed by atoms with Crippen LogP contribution in [-0.2, 0) is 19.1 Å². The van der Waals surface area contributed by atoms with E-state index in [1.165, 1.54) is 19.8 Å². The molecule has 1 aliphatic carbocycles. The summed E-state index contributed by atoms with van der Waals surface area (Å²) >= 11 is 0. The standard InChI is InChI=1S/C43H50N8O6/c1-24(2)36(48-42(54)56-5)40(52)50-19-7-8-34(50)39-45-31-18-13-27(20-32(31)46-39)10-9-26-11-14-29(15-12-26)33-22-44-38(47-33)35-21-30(28-16-17-28)23-51(35)41(53)37(25(3)4)49-43(55)57-6/h11-15,18,20-22,24-25,28,34-37H,7-8,16-17,19,23H2,1-6H3,(H,44,47)(H,45,46)(H,48,54)(H,49,55). The van der Waals surface area contributed by atoms with Gasteiger partial charge in [-0.2, -0.15) is 0 Å². The van der Waals surface area contributed by atoms with Crippen LogP contribution in [0.1, 0.15) is 88.2 Å². The Morgan fingerprint density at radius 1 is 0.807 bits per heavy atom. The SMILES string of the molecule is COC(=O)NC(C(=O)N1CC(C2CC2)=CC1c1ncc(-c2ccc(C#Cc3ccc4nc(C5CCCN5C(=O)C(NC(=O)OC)C(C)C)[nH]c4c3)cc2)[nH]1)C(C)C. The Morgan fingerprint density at radius 3 is 2.07 bits per heavy atom. The van der Waals surface area contributed by atoms with Gasteiger partial charge in [0.25, 0.3) is 0 Å². The molecule has 2 aromatic carbocycles. The topological polar surface area (TPSA) is 175 Å². The number of methoxy groups -OCH3 is 2. The molecule has 2 aromatic heterocycles. The van der Waals surface area contributed by atoms with Crippen LogP contribution in [0.25, 0.3) is 22.3 Å². The molecule has 4 unspecified atom stereocenters. The van der Waals surface area contributed by atoms with Crippen LogP contribution in [0.2, 0.25) is 0 Å². The summed E-state index contributed by atoms with van der Waals surface area (Å²) in [6, 6.07) is 11.7. The molecule has 4 heterocycles. The average Bonchev–Trinajstić information content (AvgIpc) is 3.59. The summed E-state index contributed by atoms with van der Waals surface area (Å²) in [5, 5.41) is 5.41. The van der Waals surface area contributed by atoms with Gasteiger partial charge in [-0.25, -0.2) is 19.6 Å². The summed E-state index contributed by atoms with van der Waals surface area (Å²) < 4.78 is 9.56. The van der Waals surface area contributed by atoms with Gasteiger partial charge in [0.1, 0.15) is 29.8 Å². The number of H-pyrrole nitrogens is 2. The van der Waals surface area contributed by atoms with Crippen molar-refractivity contribution in [3.63, 3.8) is 0 Å².